The van der Waals surface area contributed by atoms with Gasteiger partial charge < -0.3 is 24.8 Å². The van der Waals surface area contributed by atoms with Crippen molar-refractivity contribution in [2.75, 3.05) is 0 Å². The number of fused-ring (bicyclic) bond motifs is 2. The van der Waals surface area contributed by atoms with Crippen LogP contribution in [0.25, 0.3) is 34.4 Å². The molecule has 1 fully saturated rings. The third kappa shape index (κ3) is 5.15. The molecule has 0 aromatic heterocycles. The van der Waals surface area contributed by atoms with E-state index in [-0.39, 0.29) is 24.8 Å². The maximum atomic E-state index is 2.66. The summed E-state index contributed by atoms with van der Waals surface area (Å²) in [6.07, 6.45) is 11.7. The maximum absolute atomic E-state index is 2.80. The molecule has 1 heterocycles. The van der Waals surface area contributed by atoms with Crippen LogP contribution in [0.1, 0.15) is 75.5 Å². The van der Waals surface area contributed by atoms with E-state index < -0.39 is 20.3 Å². The van der Waals surface area contributed by atoms with Gasteiger partial charge in [-0.2, -0.15) is 0 Å². The molecule has 3 aliphatic rings. The molecule has 2 atom stereocenters. The summed E-state index contributed by atoms with van der Waals surface area (Å²) >= 11 is -2.80. The Bertz CT molecular complexity index is 1480. The molecular weight excluding hydrogens is 631 g/mol. The Labute approximate surface area is 269 Å². The molecule has 0 nitrogen and oxygen atoms in total. The van der Waals surface area contributed by atoms with E-state index in [4.69, 9.17) is 0 Å². The Morgan fingerprint density at radius 2 is 0.976 bits per heavy atom. The second kappa shape index (κ2) is 13.2. The Kier molecular flexibility index (Phi) is 9.84. The fourth-order valence-electron chi connectivity index (χ4n) is 8.36. The van der Waals surface area contributed by atoms with Crippen molar-refractivity contribution in [3.8, 4) is 22.3 Å². The topological polar surface area (TPSA) is 0 Å². The molecule has 214 valence electrons. The van der Waals surface area contributed by atoms with Crippen molar-refractivity contribution < 1.29 is 45.1 Å². The molecule has 0 spiro atoms. The van der Waals surface area contributed by atoms with E-state index in [1.54, 1.807) is 22.3 Å². The number of allylic oxidation sites excluding steroid dienone is 2. The summed E-state index contributed by atoms with van der Waals surface area (Å²) in [5.74, 6) is 0. The van der Waals surface area contributed by atoms with Gasteiger partial charge in [0.15, 0.2) is 0 Å². The predicted molar refractivity (Wildman–Crippen MR) is 169 cm³/mol. The van der Waals surface area contributed by atoms with E-state index in [2.05, 4.69) is 123 Å². The van der Waals surface area contributed by atoms with Crippen LogP contribution in [0, 0.1) is 0 Å². The van der Waals surface area contributed by atoms with Gasteiger partial charge in [-0.3, -0.25) is 0 Å². The predicted octanol–water partition coefficient (Wildman–Crippen LogP) is 5.60. The van der Waals surface area contributed by atoms with Crippen molar-refractivity contribution in [2.45, 2.75) is 61.5 Å². The van der Waals surface area contributed by atoms with E-state index in [1.165, 1.54) is 73.7 Å². The first-order valence-corrected chi connectivity index (χ1v) is 21.8. The van der Waals surface area contributed by atoms with Crippen LogP contribution in [-0.2, 0) is 20.3 Å². The van der Waals surface area contributed by atoms with Crippen LogP contribution >= 0.6 is 0 Å². The van der Waals surface area contributed by atoms with Crippen molar-refractivity contribution in [2.24, 2.45) is 0 Å². The van der Waals surface area contributed by atoms with Gasteiger partial charge in [0.05, 0.1) is 0 Å². The van der Waals surface area contributed by atoms with Crippen molar-refractivity contribution in [3.63, 3.8) is 0 Å². The number of halogens is 2. The molecule has 4 aromatic rings. The molecule has 42 heavy (non-hydrogen) atoms. The maximum Gasteiger partial charge on any atom is -1.00 e. The molecule has 2 unspecified atom stereocenters. The van der Waals surface area contributed by atoms with E-state index in [0.29, 0.717) is 7.25 Å². The van der Waals surface area contributed by atoms with Gasteiger partial charge in [-0.1, -0.05) is 0 Å². The molecule has 0 amide bonds. The van der Waals surface area contributed by atoms with Crippen molar-refractivity contribution in [3.05, 3.63) is 130 Å². The number of hydrogen-bond donors (Lipinski definition) is 0. The quantitative estimate of drug-likeness (QED) is 0.229. The van der Waals surface area contributed by atoms with Crippen LogP contribution in [0.2, 0.25) is 8.26 Å². The summed E-state index contributed by atoms with van der Waals surface area (Å²) in [6.45, 7) is 4.75. The number of hydrogen-bond acceptors (Lipinski definition) is 0. The van der Waals surface area contributed by atoms with Crippen LogP contribution in [0.3, 0.4) is 0 Å². The van der Waals surface area contributed by atoms with Crippen LogP contribution in [0.15, 0.2) is 108 Å². The largest absolute Gasteiger partial charge is 1.00 e. The normalized spacial score (nSPS) is 18.6. The molecule has 4 aromatic carbocycles. The van der Waals surface area contributed by atoms with Crippen LogP contribution in [0.4, 0.5) is 0 Å². The van der Waals surface area contributed by atoms with Gasteiger partial charge in [0.25, 0.3) is 0 Å². The Morgan fingerprint density at radius 3 is 1.33 bits per heavy atom. The minimum atomic E-state index is -2.80. The van der Waals surface area contributed by atoms with Gasteiger partial charge in [-0.25, -0.2) is 0 Å². The second-order valence-electron chi connectivity index (χ2n) is 12.2. The molecule has 0 radical (unpaired) electrons. The van der Waals surface area contributed by atoms with Crippen molar-refractivity contribution in [1.29, 1.82) is 0 Å². The van der Waals surface area contributed by atoms with Crippen LogP contribution in [0.5, 0.6) is 0 Å². The number of rotatable bonds is 8. The zero-order valence-corrected chi connectivity index (χ0v) is 28.7. The van der Waals surface area contributed by atoms with E-state index >= 15 is 0 Å². The monoisotopic (exact) mass is 668 g/mol. The fraction of sp³-hybridized carbons (Fsp3) is 0.282. The smallest absolute Gasteiger partial charge is 1.00 e. The minimum Gasteiger partial charge on any atom is -1.00 e. The summed E-state index contributed by atoms with van der Waals surface area (Å²) in [6, 6.07) is 36.6. The molecule has 0 saturated carbocycles. The summed E-state index contributed by atoms with van der Waals surface area (Å²) in [5, 5.41) is 0. The average Bonchev–Trinajstić information content (AvgIpc) is 3.53. The Morgan fingerprint density at radius 1 is 0.548 bits per heavy atom. The third-order valence-electron chi connectivity index (χ3n) is 9.98. The summed E-state index contributed by atoms with van der Waals surface area (Å²) < 4.78 is 4.46. The molecule has 0 bridgehead atoms. The van der Waals surface area contributed by atoms with Crippen molar-refractivity contribution >= 4 is 12.2 Å². The van der Waals surface area contributed by atoms with Gasteiger partial charge >= 0.3 is 247 Å². The fourth-order valence-corrected chi connectivity index (χ4v) is 23.9. The summed E-state index contributed by atoms with van der Waals surface area (Å²) in [4.78, 5) is 0. The SMILES string of the molecule is CCCC1=Cc2c(-c3ccccc3)cccc2[CH]1[Zr+2]1([CH]2C(CCC)=Cc3c(-c4ccccc4)cccc32)[CH2]C[CH2]1.[Cl-].[Cl-]. The van der Waals surface area contributed by atoms with Crippen LogP contribution < -0.4 is 24.8 Å². The van der Waals surface area contributed by atoms with Gasteiger partial charge in [-0.05, 0) is 0 Å². The van der Waals surface area contributed by atoms with Gasteiger partial charge in [-0.15, -0.1) is 0 Å². The van der Waals surface area contributed by atoms with Gasteiger partial charge in [0, 0.05) is 0 Å². The van der Waals surface area contributed by atoms with E-state index in [1.807, 2.05) is 0 Å². The third-order valence-corrected chi connectivity index (χ3v) is 25.3. The van der Waals surface area contributed by atoms with E-state index in [9.17, 15) is 0 Å². The van der Waals surface area contributed by atoms with E-state index in [0.717, 1.165) is 0 Å². The zero-order chi connectivity index (χ0) is 27.1. The van der Waals surface area contributed by atoms with Gasteiger partial charge in [0.2, 0.25) is 0 Å². The summed E-state index contributed by atoms with van der Waals surface area (Å²) in [5.41, 5.74) is 15.5. The van der Waals surface area contributed by atoms with Crippen molar-refractivity contribution in [1.82, 2.24) is 0 Å². The molecule has 1 aliphatic heterocycles. The number of benzene rings is 4. The molecular formula is C39H40Cl2Zr. The minimum absolute atomic E-state index is 0. The Hall–Kier alpha value is -2.18. The molecule has 3 heteroatoms. The first-order chi connectivity index (χ1) is 19.7. The molecule has 2 aliphatic carbocycles. The first kappa shape index (κ1) is 31.3. The average molecular weight is 671 g/mol. The second-order valence-corrected chi connectivity index (χ2v) is 23.6. The van der Waals surface area contributed by atoms with Crippen LogP contribution in [-0.4, -0.2) is 0 Å². The molecule has 0 N–H and O–H groups in total. The summed E-state index contributed by atoms with van der Waals surface area (Å²) in [7, 11) is 0. The first-order valence-electron chi connectivity index (χ1n) is 15.5. The zero-order valence-electron chi connectivity index (χ0n) is 24.8. The van der Waals surface area contributed by atoms with Gasteiger partial charge in [0.1, 0.15) is 0 Å². The standard InChI is InChI=1S/2C18H17.C3H6.2ClH.Zr/c2*1-2-7-14-12-16-10-6-11-17(18(16)13-14)15-8-4-3-5-9-15;1-3-2;;;/h2*3-6,8-13H,2,7H2,1H3;1-3H2;2*1H;/q;;;;;+2/p-2. The molecule has 7 rings (SSSR count). The Balaban J connectivity index is 0.00000176. The molecule has 1 saturated heterocycles.